The molecule has 1 heterocycles. The number of carbonyl (C=O) groups excluding carboxylic acids is 1. The van der Waals surface area contributed by atoms with E-state index in [2.05, 4.69) is 10.1 Å². The predicted molar refractivity (Wildman–Crippen MR) is 56.3 cm³/mol. The van der Waals surface area contributed by atoms with Gasteiger partial charge in [0, 0.05) is 11.8 Å². The SMILES string of the molecule is N#CC(=NOCc1ccc(Cl)nc1)C(N)=O. The summed E-state index contributed by atoms with van der Waals surface area (Å²) >= 11 is 5.58. The highest BCUT2D eigenvalue weighted by Gasteiger charge is 2.05. The minimum Gasteiger partial charge on any atom is -0.390 e. The van der Waals surface area contributed by atoms with Crippen LogP contribution in [0.1, 0.15) is 5.56 Å². The van der Waals surface area contributed by atoms with Crippen molar-refractivity contribution in [3.63, 3.8) is 0 Å². The van der Waals surface area contributed by atoms with Crippen LogP contribution in [0.15, 0.2) is 23.5 Å². The third-order valence-electron chi connectivity index (χ3n) is 1.51. The lowest BCUT2D eigenvalue weighted by Gasteiger charge is -1.99. The van der Waals surface area contributed by atoms with Crippen LogP contribution in [0.4, 0.5) is 0 Å². The summed E-state index contributed by atoms with van der Waals surface area (Å²) in [5.74, 6) is -0.934. The molecule has 0 aliphatic heterocycles. The summed E-state index contributed by atoms with van der Waals surface area (Å²) < 4.78 is 0. The third kappa shape index (κ3) is 3.55. The summed E-state index contributed by atoms with van der Waals surface area (Å²) in [4.78, 5) is 19.1. The summed E-state index contributed by atoms with van der Waals surface area (Å²) in [6.45, 7) is 0.0721. The highest BCUT2D eigenvalue weighted by molar-refractivity contribution is 6.44. The summed E-state index contributed by atoms with van der Waals surface area (Å²) in [6.07, 6.45) is 1.49. The van der Waals surface area contributed by atoms with Crippen molar-refractivity contribution in [2.24, 2.45) is 10.9 Å². The molecule has 0 saturated carbocycles. The van der Waals surface area contributed by atoms with Crippen LogP contribution in [0.2, 0.25) is 5.15 Å². The van der Waals surface area contributed by atoms with Gasteiger partial charge in [0.05, 0.1) is 0 Å². The lowest BCUT2D eigenvalue weighted by Crippen LogP contribution is -2.21. The molecule has 0 aliphatic carbocycles. The third-order valence-corrected chi connectivity index (χ3v) is 1.74. The normalized spacial score (nSPS) is 10.6. The zero-order valence-corrected chi connectivity index (χ0v) is 8.81. The molecule has 0 saturated heterocycles. The molecule has 1 rings (SSSR count). The van der Waals surface area contributed by atoms with E-state index in [0.29, 0.717) is 10.7 Å². The van der Waals surface area contributed by atoms with Crippen LogP contribution in [0.25, 0.3) is 0 Å². The lowest BCUT2D eigenvalue weighted by molar-refractivity contribution is -0.112. The molecule has 1 aromatic heterocycles. The molecule has 2 N–H and O–H groups in total. The van der Waals surface area contributed by atoms with E-state index in [1.165, 1.54) is 12.3 Å². The quantitative estimate of drug-likeness (QED) is 0.472. The van der Waals surface area contributed by atoms with E-state index in [1.807, 2.05) is 0 Å². The number of aromatic nitrogens is 1. The average Bonchev–Trinajstić information content (AvgIpc) is 2.26. The molecule has 0 aliphatic rings. The molecule has 0 unspecified atom stereocenters. The first-order valence-corrected chi connectivity index (χ1v) is 4.51. The van der Waals surface area contributed by atoms with Crippen LogP contribution in [-0.4, -0.2) is 16.6 Å². The van der Waals surface area contributed by atoms with Crippen LogP contribution in [-0.2, 0) is 16.2 Å². The summed E-state index contributed by atoms with van der Waals surface area (Å²) in [7, 11) is 0. The van der Waals surface area contributed by atoms with E-state index in [-0.39, 0.29) is 6.61 Å². The van der Waals surface area contributed by atoms with Gasteiger partial charge in [-0.3, -0.25) is 4.79 Å². The Bertz CT molecular complexity index is 450. The van der Waals surface area contributed by atoms with Crippen LogP contribution in [0.3, 0.4) is 0 Å². The Balaban J connectivity index is 2.56. The fourth-order valence-corrected chi connectivity index (χ4v) is 0.895. The molecule has 7 heteroatoms. The molecule has 0 radical (unpaired) electrons. The number of nitrogens with two attached hydrogens (primary N) is 1. The number of carbonyl (C=O) groups is 1. The maximum Gasteiger partial charge on any atom is 0.281 e. The molecule has 0 fully saturated rings. The van der Waals surface area contributed by atoms with Gasteiger partial charge in [-0.05, 0) is 6.07 Å². The summed E-state index contributed by atoms with van der Waals surface area (Å²) in [5.41, 5.74) is 5.06. The lowest BCUT2D eigenvalue weighted by atomic mass is 10.3. The zero-order valence-electron chi connectivity index (χ0n) is 8.05. The van der Waals surface area contributed by atoms with E-state index >= 15 is 0 Å². The second kappa shape index (κ2) is 5.68. The monoisotopic (exact) mass is 238 g/mol. The number of hydrogen-bond donors (Lipinski definition) is 1. The molecule has 6 nitrogen and oxygen atoms in total. The minimum atomic E-state index is -0.934. The molecule has 0 atom stereocenters. The molecular formula is C9H7ClN4O2. The highest BCUT2D eigenvalue weighted by atomic mass is 35.5. The van der Waals surface area contributed by atoms with E-state index in [0.717, 1.165) is 0 Å². The first kappa shape index (κ1) is 11.9. The largest absolute Gasteiger partial charge is 0.390 e. The molecule has 82 valence electrons. The molecule has 0 aromatic carbocycles. The van der Waals surface area contributed by atoms with Gasteiger partial charge in [-0.2, -0.15) is 5.26 Å². The Morgan fingerprint density at radius 3 is 2.94 bits per heavy atom. The predicted octanol–water partition coefficient (Wildman–Crippen LogP) is 0.616. The number of rotatable bonds is 4. The standard InChI is InChI=1S/C9H7ClN4O2/c10-8-2-1-6(4-13-8)5-16-14-7(3-11)9(12)15/h1-2,4H,5H2,(H2,12,15). The Labute approximate surface area is 96.3 Å². The average molecular weight is 239 g/mol. The van der Waals surface area contributed by atoms with Crippen molar-refractivity contribution in [3.05, 3.63) is 29.0 Å². The highest BCUT2D eigenvalue weighted by Crippen LogP contribution is 2.06. The first-order valence-electron chi connectivity index (χ1n) is 4.13. The number of primary amides is 1. The van der Waals surface area contributed by atoms with Crippen molar-refractivity contribution < 1.29 is 9.63 Å². The van der Waals surface area contributed by atoms with Crippen molar-refractivity contribution >= 4 is 23.2 Å². The molecule has 0 spiro atoms. The summed E-state index contributed by atoms with van der Waals surface area (Å²) in [6, 6.07) is 4.78. The smallest absolute Gasteiger partial charge is 0.281 e. The van der Waals surface area contributed by atoms with Crippen LogP contribution >= 0.6 is 11.6 Å². The Morgan fingerprint density at radius 1 is 1.69 bits per heavy atom. The van der Waals surface area contributed by atoms with Gasteiger partial charge in [-0.15, -0.1) is 0 Å². The van der Waals surface area contributed by atoms with Gasteiger partial charge in [0.1, 0.15) is 17.8 Å². The Hall–Kier alpha value is -2.13. The van der Waals surface area contributed by atoms with Gasteiger partial charge < -0.3 is 10.6 Å². The number of oxime groups is 1. The van der Waals surface area contributed by atoms with E-state index in [1.54, 1.807) is 12.1 Å². The van der Waals surface area contributed by atoms with Gasteiger partial charge in [0.25, 0.3) is 5.91 Å². The van der Waals surface area contributed by atoms with E-state index in [9.17, 15) is 4.79 Å². The second-order valence-electron chi connectivity index (χ2n) is 2.68. The molecule has 1 aromatic rings. The van der Waals surface area contributed by atoms with Gasteiger partial charge in [0.15, 0.2) is 0 Å². The van der Waals surface area contributed by atoms with Crippen molar-refractivity contribution in [1.29, 1.82) is 5.26 Å². The fraction of sp³-hybridized carbons (Fsp3) is 0.111. The van der Waals surface area contributed by atoms with Crippen LogP contribution in [0.5, 0.6) is 0 Å². The maximum atomic E-state index is 10.6. The zero-order chi connectivity index (χ0) is 12.0. The molecule has 1 amide bonds. The van der Waals surface area contributed by atoms with E-state index < -0.39 is 11.6 Å². The van der Waals surface area contributed by atoms with Gasteiger partial charge in [-0.1, -0.05) is 22.8 Å². The van der Waals surface area contributed by atoms with Gasteiger partial charge in [-0.25, -0.2) is 4.98 Å². The van der Waals surface area contributed by atoms with Gasteiger partial charge >= 0.3 is 0 Å². The van der Waals surface area contributed by atoms with Crippen LogP contribution in [0, 0.1) is 11.3 Å². The molecule has 16 heavy (non-hydrogen) atoms. The van der Waals surface area contributed by atoms with Crippen molar-refractivity contribution in [2.45, 2.75) is 6.61 Å². The topological polar surface area (TPSA) is 101 Å². The molecular weight excluding hydrogens is 232 g/mol. The minimum absolute atomic E-state index is 0.0721. The first-order chi connectivity index (χ1) is 7.63. The number of nitriles is 1. The van der Waals surface area contributed by atoms with Crippen molar-refractivity contribution in [2.75, 3.05) is 0 Å². The Morgan fingerprint density at radius 2 is 2.44 bits per heavy atom. The molecule has 0 bridgehead atoms. The van der Waals surface area contributed by atoms with Crippen molar-refractivity contribution in [3.8, 4) is 6.07 Å². The summed E-state index contributed by atoms with van der Waals surface area (Å²) in [5, 5.41) is 12.1. The second-order valence-corrected chi connectivity index (χ2v) is 3.07. The Kier molecular flexibility index (Phi) is 4.24. The maximum absolute atomic E-state index is 10.6. The van der Waals surface area contributed by atoms with Crippen molar-refractivity contribution in [1.82, 2.24) is 4.98 Å². The number of nitrogens with zero attached hydrogens (tertiary/aromatic N) is 3. The van der Waals surface area contributed by atoms with Gasteiger partial charge in [0.2, 0.25) is 5.71 Å². The number of pyridine rings is 1. The van der Waals surface area contributed by atoms with Crippen LogP contribution < -0.4 is 5.73 Å². The number of hydrogen-bond acceptors (Lipinski definition) is 5. The fourth-order valence-electron chi connectivity index (χ4n) is 0.784. The number of halogens is 1. The van der Waals surface area contributed by atoms with E-state index in [4.69, 9.17) is 27.4 Å². The number of amides is 1.